The molecule has 0 spiro atoms. The number of nitrogens with zero attached hydrogens (tertiary/aromatic N) is 2. The average molecular weight is 457 g/mol. The van der Waals surface area contributed by atoms with Gasteiger partial charge in [-0.3, -0.25) is 4.79 Å². The highest BCUT2D eigenvalue weighted by molar-refractivity contribution is 9.11. The first-order valence-electron chi connectivity index (χ1n) is 8.24. The summed E-state index contributed by atoms with van der Waals surface area (Å²) in [6.07, 6.45) is 0.0558. The van der Waals surface area contributed by atoms with Gasteiger partial charge in [-0.05, 0) is 39.7 Å². The summed E-state index contributed by atoms with van der Waals surface area (Å²) >= 11 is 4.49. The van der Waals surface area contributed by atoms with Crippen LogP contribution in [0.5, 0.6) is 5.75 Å². The molecule has 0 saturated carbocycles. The topological polar surface area (TPSA) is 66.9 Å². The van der Waals surface area contributed by atoms with Gasteiger partial charge in [0.25, 0.3) is 15.9 Å². The lowest BCUT2D eigenvalue weighted by atomic mass is 10.1. The number of piperazine rings is 1. The molecule has 0 unspecified atom stereocenters. The molecule has 26 heavy (non-hydrogen) atoms. The summed E-state index contributed by atoms with van der Waals surface area (Å²) in [5.41, 5.74) is 1.04. The highest BCUT2D eigenvalue weighted by Crippen LogP contribution is 2.31. The maximum Gasteiger partial charge on any atom is 0.264 e. The first kappa shape index (κ1) is 18.0. The maximum atomic E-state index is 12.7. The normalized spacial score (nSPS) is 20.7. The maximum absolute atomic E-state index is 12.7. The predicted molar refractivity (Wildman–Crippen MR) is 102 cm³/mol. The molecular formula is C17H17BrN2O4S2. The first-order valence-corrected chi connectivity index (χ1v) is 11.3. The fraction of sp³-hybridized carbons (Fsp3) is 0.353. The molecule has 1 aromatic carbocycles. The summed E-state index contributed by atoms with van der Waals surface area (Å²) in [5.74, 6) is 0.687. The van der Waals surface area contributed by atoms with Gasteiger partial charge in [0, 0.05) is 32.6 Å². The van der Waals surface area contributed by atoms with E-state index in [2.05, 4.69) is 15.9 Å². The molecule has 2 aliphatic heterocycles. The van der Waals surface area contributed by atoms with E-state index in [4.69, 9.17) is 4.74 Å². The second-order valence-electron chi connectivity index (χ2n) is 6.21. The Bertz CT molecular complexity index is 911. The highest BCUT2D eigenvalue weighted by atomic mass is 79.9. The van der Waals surface area contributed by atoms with Gasteiger partial charge in [-0.25, -0.2) is 8.42 Å². The first-order chi connectivity index (χ1) is 12.4. The van der Waals surface area contributed by atoms with Gasteiger partial charge in [-0.1, -0.05) is 18.2 Å². The van der Waals surface area contributed by atoms with Crippen LogP contribution in [0.4, 0.5) is 0 Å². The van der Waals surface area contributed by atoms with E-state index in [0.717, 1.165) is 15.1 Å². The summed E-state index contributed by atoms with van der Waals surface area (Å²) in [6, 6.07) is 11.0. The number of para-hydroxylation sites is 1. The number of halogens is 1. The van der Waals surface area contributed by atoms with Crippen LogP contribution >= 0.6 is 27.3 Å². The van der Waals surface area contributed by atoms with E-state index in [1.807, 2.05) is 24.3 Å². The second kappa shape index (κ2) is 6.95. The zero-order valence-electron chi connectivity index (χ0n) is 13.8. The van der Waals surface area contributed by atoms with Gasteiger partial charge >= 0.3 is 0 Å². The summed E-state index contributed by atoms with van der Waals surface area (Å²) in [5, 5.41) is 0. The van der Waals surface area contributed by atoms with Gasteiger partial charge < -0.3 is 9.64 Å². The number of hydrogen-bond acceptors (Lipinski definition) is 5. The van der Waals surface area contributed by atoms with Crippen LogP contribution in [-0.2, 0) is 21.2 Å². The van der Waals surface area contributed by atoms with Gasteiger partial charge in [-0.15, -0.1) is 11.3 Å². The number of hydrogen-bond donors (Lipinski definition) is 0. The van der Waals surface area contributed by atoms with Crippen LogP contribution in [0.3, 0.4) is 0 Å². The summed E-state index contributed by atoms with van der Waals surface area (Å²) in [7, 11) is -3.50. The fourth-order valence-electron chi connectivity index (χ4n) is 3.24. The number of thiophene rings is 1. The van der Waals surface area contributed by atoms with Crippen molar-refractivity contribution in [3.05, 3.63) is 45.7 Å². The van der Waals surface area contributed by atoms with Gasteiger partial charge in [0.05, 0.1) is 3.79 Å². The predicted octanol–water partition coefficient (Wildman–Crippen LogP) is 2.35. The van der Waals surface area contributed by atoms with E-state index in [-0.39, 0.29) is 5.91 Å². The Morgan fingerprint density at radius 3 is 2.50 bits per heavy atom. The molecule has 4 rings (SSSR count). The quantitative estimate of drug-likeness (QED) is 0.710. The van der Waals surface area contributed by atoms with Crippen LogP contribution in [0.2, 0.25) is 0 Å². The van der Waals surface area contributed by atoms with Gasteiger partial charge in [-0.2, -0.15) is 4.31 Å². The number of carbonyl (C=O) groups is 1. The minimum absolute atomic E-state index is 0.0721. The van der Waals surface area contributed by atoms with E-state index in [0.29, 0.717) is 36.8 Å². The van der Waals surface area contributed by atoms with Crippen LogP contribution in [0.15, 0.2) is 44.4 Å². The molecule has 1 amide bonds. The van der Waals surface area contributed by atoms with Crippen molar-refractivity contribution >= 4 is 43.2 Å². The molecule has 1 atom stereocenters. The Morgan fingerprint density at radius 2 is 1.85 bits per heavy atom. The molecule has 1 saturated heterocycles. The van der Waals surface area contributed by atoms with Crippen molar-refractivity contribution in [1.29, 1.82) is 0 Å². The molecule has 1 aromatic heterocycles. The third-order valence-electron chi connectivity index (χ3n) is 4.62. The van der Waals surface area contributed by atoms with Crippen molar-refractivity contribution in [3.63, 3.8) is 0 Å². The molecular weight excluding hydrogens is 440 g/mol. The van der Waals surface area contributed by atoms with E-state index < -0.39 is 16.1 Å². The van der Waals surface area contributed by atoms with Gasteiger partial charge in [0.1, 0.15) is 9.96 Å². The third-order valence-corrected chi connectivity index (χ3v) is 8.61. The lowest BCUT2D eigenvalue weighted by Crippen LogP contribution is -2.53. The molecule has 3 heterocycles. The molecule has 0 bridgehead atoms. The molecule has 0 aliphatic carbocycles. The van der Waals surface area contributed by atoms with Crippen LogP contribution in [0, 0.1) is 0 Å². The Balaban J connectivity index is 1.39. The van der Waals surface area contributed by atoms with E-state index in [9.17, 15) is 13.2 Å². The lowest BCUT2D eigenvalue weighted by molar-refractivity contribution is -0.139. The fourth-order valence-corrected chi connectivity index (χ4v) is 6.82. The standard InChI is InChI=1S/C17H17BrN2O4S2/c18-15-5-6-16(25-15)26(22,23)20-9-7-19(8-10-20)17(21)14-11-12-3-1-2-4-13(12)24-14/h1-6,14H,7-11H2/t14-/m0/s1. The van der Waals surface area contributed by atoms with Crippen molar-refractivity contribution in [1.82, 2.24) is 9.21 Å². The summed E-state index contributed by atoms with van der Waals surface area (Å²) in [6.45, 7) is 1.34. The van der Waals surface area contributed by atoms with Crippen molar-refractivity contribution in [2.45, 2.75) is 16.7 Å². The van der Waals surface area contributed by atoms with Gasteiger partial charge in [0.15, 0.2) is 6.10 Å². The lowest BCUT2D eigenvalue weighted by Gasteiger charge is -2.34. The molecule has 9 heteroatoms. The molecule has 0 radical (unpaired) electrons. The molecule has 2 aliphatic rings. The number of amides is 1. The zero-order chi connectivity index (χ0) is 18.3. The van der Waals surface area contributed by atoms with Crippen LogP contribution in [-0.4, -0.2) is 55.8 Å². The van der Waals surface area contributed by atoms with Crippen molar-refractivity contribution < 1.29 is 17.9 Å². The Labute approximate surface area is 164 Å². The number of fused-ring (bicyclic) bond motifs is 1. The Morgan fingerprint density at radius 1 is 1.12 bits per heavy atom. The summed E-state index contributed by atoms with van der Waals surface area (Å²) in [4.78, 5) is 14.4. The van der Waals surface area contributed by atoms with Crippen molar-refractivity contribution in [3.8, 4) is 5.75 Å². The SMILES string of the molecule is O=C([C@@H]1Cc2ccccc2O1)N1CCN(S(=O)(=O)c2ccc(Br)s2)CC1. The Hall–Kier alpha value is -1.42. The minimum atomic E-state index is -3.50. The average Bonchev–Trinajstić information content (AvgIpc) is 3.27. The van der Waals surface area contributed by atoms with Crippen molar-refractivity contribution in [2.75, 3.05) is 26.2 Å². The van der Waals surface area contributed by atoms with Crippen LogP contribution in [0.25, 0.3) is 0 Å². The summed E-state index contributed by atoms with van der Waals surface area (Å²) < 4.78 is 33.6. The van der Waals surface area contributed by atoms with E-state index in [1.165, 1.54) is 15.6 Å². The molecule has 1 fully saturated rings. The van der Waals surface area contributed by atoms with Gasteiger partial charge in [0.2, 0.25) is 0 Å². The molecule has 2 aromatic rings. The molecule has 6 nitrogen and oxygen atoms in total. The second-order valence-corrected chi connectivity index (χ2v) is 10.8. The molecule has 138 valence electrons. The monoisotopic (exact) mass is 456 g/mol. The Kier molecular flexibility index (Phi) is 4.81. The number of carbonyl (C=O) groups excluding carboxylic acids is 1. The van der Waals surface area contributed by atoms with Crippen LogP contribution < -0.4 is 4.74 Å². The smallest absolute Gasteiger partial charge is 0.264 e. The van der Waals surface area contributed by atoms with E-state index in [1.54, 1.807) is 17.0 Å². The number of ether oxygens (including phenoxy) is 1. The minimum Gasteiger partial charge on any atom is -0.480 e. The van der Waals surface area contributed by atoms with E-state index >= 15 is 0 Å². The van der Waals surface area contributed by atoms with Crippen LogP contribution in [0.1, 0.15) is 5.56 Å². The zero-order valence-corrected chi connectivity index (χ0v) is 17.0. The largest absolute Gasteiger partial charge is 0.480 e. The van der Waals surface area contributed by atoms with Crippen molar-refractivity contribution in [2.24, 2.45) is 0 Å². The third kappa shape index (κ3) is 3.28. The number of benzene rings is 1. The highest BCUT2D eigenvalue weighted by Gasteiger charge is 2.36. The number of sulfonamides is 1. The number of rotatable bonds is 3. The molecule has 0 N–H and O–H groups in total.